The van der Waals surface area contributed by atoms with Crippen LogP contribution in [-0.4, -0.2) is 44.9 Å². The van der Waals surface area contributed by atoms with Crippen molar-refractivity contribution in [3.05, 3.63) is 93.0 Å². The van der Waals surface area contributed by atoms with Gasteiger partial charge in [-0.1, -0.05) is 48.0 Å². The molecule has 3 aromatic rings. The Hall–Kier alpha value is -3.63. The van der Waals surface area contributed by atoms with Gasteiger partial charge in [0.1, 0.15) is 12.3 Å². The number of hydrogen-bond acceptors (Lipinski definition) is 6. The summed E-state index contributed by atoms with van der Waals surface area (Å²) in [6, 6.07) is 17.2. The molecule has 1 amide bonds. The summed E-state index contributed by atoms with van der Waals surface area (Å²) < 4.78 is 33.7. The lowest BCUT2D eigenvalue weighted by molar-refractivity contribution is -0.385. The minimum Gasteiger partial charge on any atom is -0.495 e. The number of carbonyl (C=O) groups excluding carboxylic acids is 1. The first-order valence-corrected chi connectivity index (χ1v) is 12.3. The first-order valence-electron chi connectivity index (χ1n) is 10.4. The van der Waals surface area contributed by atoms with E-state index >= 15 is 0 Å². The predicted octanol–water partition coefficient (Wildman–Crippen LogP) is 4.42. The first kappa shape index (κ1) is 26.0. The number of methoxy groups -OCH3 is 1. The van der Waals surface area contributed by atoms with Crippen molar-refractivity contribution >= 4 is 38.9 Å². The van der Waals surface area contributed by atoms with Crippen molar-refractivity contribution in [3.63, 3.8) is 0 Å². The maximum absolute atomic E-state index is 13.7. The van der Waals surface area contributed by atoms with Crippen LogP contribution >= 0.6 is 11.6 Å². The Kier molecular flexibility index (Phi) is 7.98. The quantitative estimate of drug-likeness (QED) is 0.307. The van der Waals surface area contributed by atoms with Gasteiger partial charge >= 0.3 is 0 Å². The van der Waals surface area contributed by atoms with Gasteiger partial charge in [-0.25, -0.2) is 8.42 Å². The molecule has 0 bridgehead atoms. The third kappa shape index (κ3) is 5.90. The molecule has 0 N–H and O–H groups in total. The van der Waals surface area contributed by atoms with E-state index in [0.29, 0.717) is 5.56 Å². The fraction of sp³-hybridized carbons (Fsp3) is 0.208. The minimum absolute atomic E-state index is 0.0321. The molecule has 3 rings (SSSR count). The van der Waals surface area contributed by atoms with Gasteiger partial charge in [-0.05, 0) is 36.8 Å². The first-order chi connectivity index (χ1) is 16.5. The Morgan fingerprint density at radius 1 is 1.09 bits per heavy atom. The van der Waals surface area contributed by atoms with Crippen LogP contribution in [0.4, 0.5) is 11.4 Å². The zero-order valence-electron chi connectivity index (χ0n) is 19.3. The van der Waals surface area contributed by atoms with Crippen molar-refractivity contribution in [2.45, 2.75) is 18.4 Å². The second-order valence-corrected chi connectivity index (χ2v) is 10.1. The molecule has 0 heterocycles. The number of ether oxygens (including phenoxy) is 1. The molecular formula is C24H24ClN3O6S. The number of likely N-dealkylation sites (N-methyl/N-ethyl adjacent to an activating group) is 1. The van der Waals surface area contributed by atoms with E-state index in [0.717, 1.165) is 15.9 Å². The van der Waals surface area contributed by atoms with Crippen molar-refractivity contribution in [2.24, 2.45) is 0 Å². The van der Waals surface area contributed by atoms with E-state index in [1.54, 1.807) is 7.05 Å². The van der Waals surface area contributed by atoms with E-state index in [-0.39, 0.29) is 33.6 Å². The molecule has 0 unspecified atom stereocenters. The number of rotatable bonds is 9. The molecule has 3 aromatic carbocycles. The van der Waals surface area contributed by atoms with Crippen molar-refractivity contribution in [3.8, 4) is 5.75 Å². The molecule has 0 atom stereocenters. The summed E-state index contributed by atoms with van der Waals surface area (Å²) in [5.74, 6) is -0.334. The fourth-order valence-electron chi connectivity index (χ4n) is 3.42. The van der Waals surface area contributed by atoms with Gasteiger partial charge in [0, 0.05) is 30.2 Å². The summed E-state index contributed by atoms with van der Waals surface area (Å²) >= 11 is 6.15. The van der Waals surface area contributed by atoms with Crippen LogP contribution < -0.4 is 9.04 Å². The van der Waals surface area contributed by atoms with Crippen LogP contribution in [0.3, 0.4) is 0 Å². The highest BCUT2D eigenvalue weighted by molar-refractivity contribution is 7.92. The second kappa shape index (κ2) is 10.7. The number of nitro groups is 1. The highest BCUT2D eigenvalue weighted by Crippen LogP contribution is 2.35. The van der Waals surface area contributed by atoms with Crippen molar-refractivity contribution in [1.82, 2.24) is 4.90 Å². The number of sulfonamides is 1. The van der Waals surface area contributed by atoms with Gasteiger partial charge in [0.05, 0.1) is 22.6 Å². The standard InChI is InChI=1S/C24H24ClN3O6S/c1-17-9-11-20(14-21(17)28(30)31)35(32,33)27(22-13-19(25)10-12-23(22)34-3)16-24(29)26(2)15-18-7-5-4-6-8-18/h4-14H,15-16H2,1-3H3. The molecule has 0 aliphatic rings. The molecule has 0 aromatic heterocycles. The van der Waals surface area contributed by atoms with E-state index < -0.39 is 27.4 Å². The van der Waals surface area contributed by atoms with Crippen LogP contribution in [0.5, 0.6) is 5.75 Å². The molecule has 0 aliphatic heterocycles. The summed E-state index contributed by atoms with van der Waals surface area (Å²) in [6.45, 7) is 1.19. The highest BCUT2D eigenvalue weighted by Gasteiger charge is 2.32. The van der Waals surface area contributed by atoms with E-state index in [2.05, 4.69) is 0 Å². The molecule has 0 saturated heterocycles. The Balaban J connectivity index is 2.07. The number of nitro benzene ring substituents is 1. The minimum atomic E-state index is -4.43. The Morgan fingerprint density at radius 3 is 2.40 bits per heavy atom. The van der Waals surface area contributed by atoms with Gasteiger partial charge in [-0.2, -0.15) is 0 Å². The van der Waals surface area contributed by atoms with Crippen LogP contribution in [0.25, 0.3) is 0 Å². The van der Waals surface area contributed by atoms with Crippen LogP contribution in [-0.2, 0) is 21.4 Å². The molecule has 9 nitrogen and oxygen atoms in total. The molecule has 0 spiro atoms. The van der Waals surface area contributed by atoms with Crippen LogP contribution in [0.15, 0.2) is 71.6 Å². The van der Waals surface area contributed by atoms with Gasteiger partial charge < -0.3 is 9.64 Å². The van der Waals surface area contributed by atoms with Crippen LogP contribution in [0.1, 0.15) is 11.1 Å². The summed E-state index contributed by atoms with van der Waals surface area (Å²) in [7, 11) is -1.51. The van der Waals surface area contributed by atoms with Crippen LogP contribution in [0, 0.1) is 17.0 Å². The second-order valence-electron chi connectivity index (χ2n) is 7.77. The molecule has 184 valence electrons. The van der Waals surface area contributed by atoms with Crippen molar-refractivity contribution in [1.29, 1.82) is 0 Å². The summed E-state index contributed by atoms with van der Waals surface area (Å²) in [4.78, 5) is 25.0. The molecule has 0 fully saturated rings. The van der Waals surface area contributed by atoms with Gasteiger partial charge in [0.15, 0.2) is 0 Å². The predicted molar refractivity (Wildman–Crippen MR) is 133 cm³/mol. The number of aryl methyl sites for hydroxylation is 1. The third-order valence-corrected chi connectivity index (χ3v) is 7.33. The Bertz CT molecular complexity index is 1350. The number of carbonyl (C=O) groups is 1. The molecule has 0 aliphatic carbocycles. The number of halogens is 1. The molecule has 0 radical (unpaired) electrons. The summed E-state index contributed by atoms with van der Waals surface area (Å²) in [5, 5.41) is 11.6. The average Bonchev–Trinajstić information content (AvgIpc) is 2.82. The smallest absolute Gasteiger partial charge is 0.273 e. The van der Waals surface area contributed by atoms with Gasteiger partial charge in [-0.15, -0.1) is 0 Å². The maximum Gasteiger partial charge on any atom is 0.273 e. The lowest BCUT2D eigenvalue weighted by Crippen LogP contribution is -2.41. The van der Waals surface area contributed by atoms with Gasteiger partial charge in [0.2, 0.25) is 5.91 Å². The Labute approximate surface area is 208 Å². The van der Waals surface area contributed by atoms with Gasteiger partial charge in [-0.3, -0.25) is 19.2 Å². The fourth-order valence-corrected chi connectivity index (χ4v) is 5.02. The zero-order valence-corrected chi connectivity index (χ0v) is 20.9. The summed E-state index contributed by atoms with van der Waals surface area (Å²) in [6.07, 6.45) is 0. The SMILES string of the molecule is COc1ccc(Cl)cc1N(CC(=O)N(C)Cc1ccccc1)S(=O)(=O)c1ccc(C)c([N+](=O)[O-])c1. The lowest BCUT2D eigenvalue weighted by atomic mass is 10.2. The number of benzene rings is 3. The largest absolute Gasteiger partial charge is 0.495 e. The van der Waals surface area contributed by atoms with Gasteiger partial charge in [0.25, 0.3) is 15.7 Å². The maximum atomic E-state index is 13.7. The van der Waals surface area contributed by atoms with E-state index in [9.17, 15) is 23.3 Å². The van der Waals surface area contributed by atoms with E-state index in [1.807, 2.05) is 30.3 Å². The van der Waals surface area contributed by atoms with Crippen molar-refractivity contribution < 1.29 is 22.9 Å². The molecule has 0 saturated carbocycles. The molecule has 35 heavy (non-hydrogen) atoms. The highest BCUT2D eigenvalue weighted by atomic mass is 35.5. The Morgan fingerprint density at radius 2 is 1.77 bits per heavy atom. The zero-order chi connectivity index (χ0) is 25.8. The molecular weight excluding hydrogens is 494 g/mol. The monoisotopic (exact) mass is 517 g/mol. The lowest BCUT2D eigenvalue weighted by Gasteiger charge is -2.28. The average molecular weight is 518 g/mol. The van der Waals surface area contributed by atoms with E-state index in [4.69, 9.17) is 16.3 Å². The normalized spacial score (nSPS) is 11.1. The topological polar surface area (TPSA) is 110 Å². The van der Waals surface area contributed by atoms with Crippen LogP contribution in [0.2, 0.25) is 5.02 Å². The number of amides is 1. The third-order valence-electron chi connectivity index (χ3n) is 5.34. The van der Waals surface area contributed by atoms with Crippen molar-refractivity contribution in [2.75, 3.05) is 25.0 Å². The summed E-state index contributed by atoms with van der Waals surface area (Å²) in [5.41, 5.74) is 0.855. The molecule has 11 heteroatoms. The van der Waals surface area contributed by atoms with E-state index in [1.165, 1.54) is 49.3 Å². The number of anilines is 1. The number of nitrogens with zero attached hydrogens (tertiary/aromatic N) is 3. The number of hydrogen-bond donors (Lipinski definition) is 0.